The largest absolute Gasteiger partial charge is 0.241 e. The predicted octanol–water partition coefficient (Wildman–Crippen LogP) is 3.29. The number of aromatic nitrogens is 1. The minimum Gasteiger partial charge on any atom is -0.241 e. The van der Waals surface area contributed by atoms with Crippen LogP contribution in [0.1, 0.15) is 30.3 Å². The SMILES string of the molecule is CC(C)c1nc2cccc(C#N)c2s1. The number of nitriles is 1. The van der Waals surface area contributed by atoms with Gasteiger partial charge in [-0.05, 0) is 12.1 Å². The molecule has 0 saturated heterocycles. The number of fused-ring (bicyclic) bond motifs is 1. The van der Waals surface area contributed by atoms with Crippen LogP contribution in [0.15, 0.2) is 18.2 Å². The van der Waals surface area contributed by atoms with Crippen LogP contribution in [0.2, 0.25) is 0 Å². The van der Waals surface area contributed by atoms with Crippen LogP contribution in [-0.2, 0) is 0 Å². The van der Waals surface area contributed by atoms with Crippen LogP contribution >= 0.6 is 11.3 Å². The first kappa shape index (κ1) is 9.17. The van der Waals surface area contributed by atoms with Crippen LogP contribution in [-0.4, -0.2) is 4.98 Å². The van der Waals surface area contributed by atoms with Crippen molar-refractivity contribution in [2.24, 2.45) is 0 Å². The molecule has 1 heterocycles. The van der Waals surface area contributed by atoms with E-state index in [0.29, 0.717) is 5.92 Å². The smallest absolute Gasteiger partial charge is 0.101 e. The molecule has 0 saturated carbocycles. The van der Waals surface area contributed by atoms with Crippen molar-refractivity contribution in [2.75, 3.05) is 0 Å². The molecule has 0 aliphatic rings. The molecule has 2 rings (SSSR count). The van der Waals surface area contributed by atoms with Crippen LogP contribution < -0.4 is 0 Å². The standard InChI is InChI=1S/C11H10N2S/c1-7(2)11-13-9-5-3-4-8(6-12)10(9)14-11/h3-5,7H,1-2H3. The molecule has 0 N–H and O–H groups in total. The highest BCUT2D eigenvalue weighted by Crippen LogP contribution is 2.29. The second-order valence-electron chi connectivity index (χ2n) is 3.47. The van der Waals surface area contributed by atoms with Crippen LogP contribution in [0.3, 0.4) is 0 Å². The molecule has 0 amide bonds. The molecule has 0 aliphatic carbocycles. The Kier molecular flexibility index (Phi) is 2.22. The number of nitrogens with zero attached hydrogens (tertiary/aromatic N) is 2. The predicted molar refractivity (Wildman–Crippen MR) is 58.4 cm³/mol. The van der Waals surface area contributed by atoms with E-state index in [1.165, 1.54) is 0 Å². The highest BCUT2D eigenvalue weighted by Gasteiger charge is 2.09. The molecule has 2 nitrogen and oxygen atoms in total. The molecule has 0 spiro atoms. The third kappa shape index (κ3) is 1.38. The van der Waals surface area contributed by atoms with E-state index >= 15 is 0 Å². The first-order valence-corrected chi connectivity index (χ1v) is 5.33. The molecule has 0 atom stereocenters. The Bertz CT molecular complexity index is 505. The third-order valence-corrected chi connectivity index (χ3v) is 3.45. The molecule has 0 unspecified atom stereocenters. The molecule has 3 heteroatoms. The van der Waals surface area contributed by atoms with Crippen LogP contribution in [0.25, 0.3) is 10.2 Å². The molecule has 2 aromatic rings. The van der Waals surface area contributed by atoms with Gasteiger partial charge in [-0.15, -0.1) is 11.3 Å². The lowest BCUT2D eigenvalue weighted by molar-refractivity contribution is 0.857. The summed E-state index contributed by atoms with van der Waals surface area (Å²) >= 11 is 1.62. The average molecular weight is 202 g/mol. The fourth-order valence-electron chi connectivity index (χ4n) is 1.30. The summed E-state index contributed by atoms with van der Waals surface area (Å²) in [5, 5.41) is 10.0. The summed E-state index contributed by atoms with van der Waals surface area (Å²) in [7, 11) is 0. The maximum Gasteiger partial charge on any atom is 0.101 e. The van der Waals surface area contributed by atoms with Gasteiger partial charge in [0.25, 0.3) is 0 Å². The quantitative estimate of drug-likeness (QED) is 0.711. The van der Waals surface area contributed by atoms with Crippen LogP contribution in [0.4, 0.5) is 0 Å². The van der Waals surface area contributed by atoms with E-state index in [1.54, 1.807) is 11.3 Å². The number of hydrogen-bond donors (Lipinski definition) is 0. The Morgan fingerprint density at radius 1 is 1.43 bits per heavy atom. The second kappa shape index (κ2) is 3.39. The van der Waals surface area contributed by atoms with Crippen molar-refractivity contribution in [1.29, 1.82) is 5.26 Å². The highest BCUT2D eigenvalue weighted by atomic mass is 32.1. The van der Waals surface area contributed by atoms with Crippen molar-refractivity contribution in [2.45, 2.75) is 19.8 Å². The minimum absolute atomic E-state index is 0.430. The number of hydrogen-bond acceptors (Lipinski definition) is 3. The van der Waals surface area contributed by atoms with E-state index < -0.39 is 0 Å². The maximum absolute atomic E-state index is 8.91. The zero-order valence-electron chi connectivity index (χ0n) is 8.11. The van der Waals surface area contributed by atoms with Gasteiger partial charge in [0.15, 0.2) is 0 Å². The number of thiazole rings is 1. The summed E-state index contributed by atoms with van der Waals surface area (Å²) in [5.74, 6) is 0.430. The second-order valence-corrected chi connectivity index (χ2v) is 4.50. The summed E-state index contributed by atoms with van der Waals surface area (Å²) in [6.07, 6.45) is 0. The average Bonchev–Trinajstić information content (AvgIpc) is 2.60. The van der Waals surface area contributed by atoms with E-state index in [0.717, 1.165) is 20.8 Å². The molecule has 0 bridgehead atoms. The van der Waals surface area contributed by atoms with Gasteiger partial charge in [-0.1, -0.05) is 19.9 Å². The van der Waals surface area contributed by atoms with Gasteiger partial charge < -0.3 is 0 Å². The van der Waals surface area contributed by atoms with Crippen molar-refractivity contribution in [3.05, 3.63) is 28.8 Å². The van der Waals surface area contributed by atoms with Crippen molar-refractivity contribution >= 4 is 21.6 Å². The van der Waals surface area contributed by atoms with E-state index in [9.17, 15) is 0 Å². The third-order valence-electron chi connectivity index (χ3n) is 2.05. The number of rotatable bonds is 1. The van der Waals surface area contributed by atoms with Crippen LogP contribution in [0.5, 0.6) is 0 Å². The molecule has 0 radical (unpaired) electrons. The topological polar surface area (TPSA) is 36.7 Å². The summed E-state index contributed by atoms with van der Waals surface area (Å²) in [5.41, 5.74) is 1.67. The van der Waals surface area contributed by atoms with Gasteiger partial charge in [-0.3, -0.25) is 0 Å². The Balaban J connectivity index is 2.72. The van der Waals surface area contributed by atoms with E-state index in [-0.39, 0.29) is 0 Å². The summed E-state index contributed by atoms with van der Waals surface area (Å²) < 4.78 is 1.01. The van der Waals surface area contributed by atoms with Gasteiger partial charge >= 0.3 is 0 Å². The molecule has 14 heavy (non-hydrogen) atoms. The Labute approximate surface area is 86.8 Å². The maximum atomic E-state index is 8.91. The lowest BCUT2D eigenvalue weighted by Gasteiger charge is -1.94. The lowest BCUT2D eigenvalue weighted by atomic mass is 10.2. The Morgan fingerprint density at radius 2 is 2.21 bits per heavy atom. The normalized spacial score (nSPS) is 10.7. The first-order valence-electron chi connectivity index (χ1n) is 4.52. The fraction of sp³-hybridized carbons (Fsp3) is 0.273. The molecular formula is C11H10N2S. The highest BCUT2D eigenvalue weighted by molar-refractivity contribution is 7.18. The zero-order valence-corrected chi connectivity index (χ0v) is 8.93. The first-order chi connectivity index (χ1) is 6.72. The molecule has 1 aromatic heterocycles. The van der Waals surface area contributed by atoms with Gasteiger partial charge in [0.1, 0.15) is 6.07 Å². The Hall–Kier alpha value is -1.40. The van der Waals surface area contributed by atoms with Crippen molar-refractivity contribution in [1.82, 2.24) is 4.98 Å². The molecule has 0 aliphatic heterocycles. The van der Waals surface area contributed by atoms with Gasteiger partial charge in [-0.2, -0.15) is 5.26 Å². The van der Waals surface area contributed by atoms with Gasteiger partial charge in [-0.25, -0.2) is 4.98 Å². The minimum atomic E-state index is 0.430. The van der Waals surface area contributed by atoms with Crippen molar-refractivity contribution < 1.29 is 0 Å². The van der Waals surface area contributed by atoms with E-state index in [1.807, 2.05) is 18.2 Å². The summed E-state index contributed by atoms with van der Waals surface area (Å²) in [4.78, 5) is 4.49. The van der Waals surface area contributed by atoms with Crippen molar-refractivity contribution in [3.8, 4) is 6.07 Å². The van der Waals surface area contributed by atoms with Crippen LogP contribution in [0, 0.1) is 11.3 Å². The van der Waals surface area contributed by atoms with Gasteiger partial charge in [0, 0.05) is 5.92 Å². The summed E-state index contributed by atoms with van der Waals surface area (Å²) in [6, 6.07) is 7.87. The fourth-order valence-corrected chi connectivity index (χ4v) is 2.33. The Morgan fingerprint density at radius 3 is 2.86 bits per heavy atom. The van der Waals surface area contributed by atoms with Gasteiger partial charge in [0.05, 0.1) is 20.8 Å². The van der Waals surface area contributed by atoms with Gasteiger partial charge in [0.2, 0.25) is 0 Å². The van der Waals surface area contributed by atoms with E-state index in [4.69, 9.17) is 5.26 Å². The summed E-state index contributed by atoms with van der Waals surface area (Å²) in [6.45, 7) is 4.23. The van der Waals surface area contributed by atoms with E-state index in [2.05, 4.69) is 24.9 Å². The molecule has 0 fully saturated rings. The molecular weight excluding hydrogens is 192 g/mol. The van der Waals surface area contributed by atoms with Crippen molar-refractivity contribution in [3.63, 3.8) is 0 Å². The zero-order chi connectivity index (χ0) is 10.1. The number of benzene rings is 1. The monoisotopic (exact) mass is 202 g/mol. The molecule has 1 aromatic carbocycles. The lowest BCUT2D eigenvalue weighted by Crippen LogP contribution is -1.82. The molecule has 70 valence electrons.